The van der Waals surface area contributed by atoms with Crippen molar-refractivity contribution >= 4 is 17.1 Å². The molecule has 1 aromatic carbocycles. The highest BCUT2D eigenvalue weighted by Gasteiger charge is 2.42. The fourth-order valence-electron chi connectivity index (χ4n) is 4.47. The van der Waals surface area contributed by atoms with Crippen LogP contribution in [0.15, 0.2) is 63.9 Å². The van der Waals surface area contributed by atoms with Gasteiger partial charge in [0.05, 0.1) is 11.3 Å². The molecular formula is C25H21F3N6O3. The van der Waals surface area contributed by atoms with Gasteiger partial charge in [-0.25, -0.2) is 9.48 Å². The Morgan fingerprint density at radius 3 is 2.78 bits per heavy atom. The molecule has 0 bridgehead atoms. The van der Waals surface area contributed by atoms with Crippen LogP contribution < -0.4 is 21.5 Å². The zero-order valence-corrected chi connectivity index (χ0v) is 19.5. The summed E-state index contributed by atoms with van der Waals surface area (Å²) in [6.07, 6.45) is 0.450. The molecule has 12 heteroatoms. The number of aromatic nitrogens is 5. The van der Waals surface area contributed by atoms with Gasteiger partial charge in [0, 0.05) is 36.6 Å². The molecule has 1 saturated carbocycles. The van der Waals surface area contributed by atoms with Crippen LogP contribution in [0.3, 0.4) is 0 Å². The van der Waals surface area contributed by atoms with Crippen LogP contribution in [0, 0.1) is 0 Å². The van der Waals surface area contributed by atoms with E-state index in [0.29, 0.717) is 28.5 Å². The molecule has 0 radical (unpaired) electrons. The molecule has 37 heavy (non-hydrogen) atoms. The summed E-state index contributed by atoms with van der Waals surface area (Å²) >= 11 is 0. The number of ether oxygens (including phenoxy) is 1. The van der Waals surface area contributed by atoms with Crippen molar-refractivity contribution < 1.29 is 17.9 Å². The maximum absolute atomic E-state index is 12.9. The number of hydrogen-bond donors (Lipinski definition) is 2. The van der Waals surface area contributed by atoms with Gasteiger partial charge in [-0.3, -0.25) is 19.8 Å². The van der Waals surface area contributed by atoms with Crippen molar-refractivity contribution in [1.29, 1.82) is 0 Å². The highest BCUT2D eigenvalue weighted by Crippen LogP contribution is 2.55. The molecule has 0 spiro atoms. The first-order valence-corrected chi connectivity index (χ1v) is 11.3. The van der Waals surface area contributed by atoms with E-state index in [1.54, 1.807) is 31.3 Å². The summed E-state index contributed by atoms with van der Waals surface area (Å²) < 4.78 is 45.2. The molecule has 0 unspecified atom stereocenters. The third-order valence-corrected chi connectivity index (χ3v) is 6.16. The smallest absolute Gasteiger partial charge is 0.422 e. The minimum atomic E-state index is -4.48. The Kier molecular flexibility index (Phi) is 6.02. The van der Waals surface area contributed by atoms with Crippen molar-refractivity contribution in [3.8, 4) is 17.0 Å². The van der Waals surface area contributed by atoms with Crippen molar-refractivity contribution in [3.63, 3.8) is 0 Å². The van der Waals surface area contributed by atoms with Crippen LogP contribution in [0.1, 0.15) is 29.4 Å². The molecule has 190 valence electrons. The lowest BCUT2D eigenvalue weighted by Crippen LogP contribution is -2.27. The number of alkyl halides is 3. The van der Waals surface area contributed by atoms with Crippen LogP contribution in [-0.4, -0.2) is 44.6 Å². The zero-order chi connectivity index (χ0) is 26.3. The third kappa shape index (κ3) is 4.82. The summed E-state index contributed by atoms with van der Waals surface area (Å²) in [7, 11) is 1.61. The highest BCUT2D eigenvalue weighted by molar-refractivity contribution is 5.85. The Bertz CT molecular complexity index is 1700. The maximum Gasteiger partial charge on any atom is 0.422 e. The summed E-state index contributed by atoms with van der Waals surface area (Å²) in [5, 5.41) is 5.09. The monoisotopic (exact) mass is 510 g/mol. The molecule has 4 aromatic rings. The van der Waals surface area contributed by atoms with E-state index in [1.807, 2.05) is 6.07 Å². The van der Waals surface area contributed by atoms with Gasteiger partial charge in [0.1, 0.15) is 11.3 Å². The summed E-state index contributed by atoms with van der Waals surface area (Å²) in [6.45, 7) is 2.36. The Morgan fingerprint density at radius 2 is 2.08 bits per heavy atom. The third-order valence-electron chi connectivity index (χ3n) is 6.16. The minimum absolute atomic E-state index is 0.0410. The second-order valence-corrected chi connectivity index (χ2v) is 8.59. The van der Waals surface area contributed by atoms with Gasteiger partial charge >= 0.3 is 11.9 Å². The predicted molar refractivity (Wildman–Crippen MR) is 130 cm³/mol. The van der Waals surface area contributed by atoms with E-state index >= 15 is 0 Å². The number of hydrogen-bond acceptors (Lipinski definition) is 6. The average Bonchev–Trinajstić information content (AvgIpc) is 3.67. The van der Waals surface area contributed by atoms with Gasteiger partial charge in [-0.2, -0.15) is 18.3 Å². The molecular weight excluding hydrogens is 489 g/mol. The molecule has 0 aliphatic heterocycles. The van der Waals surface area contributed by atoms with E-state index in [-0.39, 0.29) is 23.1 Å². The minimum Gasteiger partial charge on any atom is -0.482 e. The predicted octanol–water partition coefficient (Wildman–Crippen LogP) is 3.32. The molecule has 2 N–H and O–H groups in total. The summed E-state index contributed by atoms with van der Waals surface area (Å²) in [5.74, 6) is -0.0355. The molecule has 2 atom stereocenters. The highest BCUT2D eigenvalue weighted by atomic mass is 19.4. The van der Waals surface area contributed by atoms with Gasteiger partial charge in [-0.05, 0) is 48.1 Å². The van der Waals surface area contributed by atoms with Crippen LogP contribution in [0.25, 0.3) is 28.4 Å². The number of rotatable bonds is 6. The van der Waals surface area contributed by atoms with Crippen LogP contribution >= 0.6 is 0 Å². The van der Waals surface area contributed by atoms with E-state index in [0.717, 1.165) is 11.1 Å². The maximum atomic E-state index is 12.9. The number of nitrogens with one attached hydrogen (secondary N) is 2. The van der Waals surface area contributed by atoms with Crippen molar-refractivity contribution in [3.05, 3.63) is 86.8 Å². The van der Waals surface area contributed by atoms with Crippen LogP contribution in [0.5, 0.6) is 5.75 Å². The topological polar surface area (TPSA) is 118 Å². The van der Waals surface area contributed by atoms with Gasteiger partial charge in [0.2, 0.25) is 0 Å². The van der Waals surface area contributed by atoms with E-state index in [9.17, 15) is 22.8 Å². The first-order valence-electron chi connectivity index (χ1n) is 11.3. The lowest BCUT2D eigenvalue weighted by molar-refractivity contribution is -0.153. The fraction of sp³-hybridized carbons (Fsp3) is 0.240. The molecule has 3 aromatic heterocycles. The SMILES string of the molecule is C=Cn1nc(-c2c[nH]c(=O)[nH]c2=O)cc([C@H]2C[C@@H]2c2cc(OCC(F)(F)F)c3ncccc3c2)c1=NC. The summed E-state index contributed by atoms with van der Waals surface area (Å²) in [4.78, 5) is 37.0. The van der Waals surface area contributed by atoms with Crippen molar-refractivity contribution in [1.82, 2.24) is 24.7 Å². The Hall–Kier alpha value is -4.48. The second-order valence-electron chi connectivity index (χ2n) is 8.59. The van der Waals surface area contributed by atoms with E-state index in [2.05, 4.69) is 31.6 Å². The lowest BCUT2D eigenvalue weighted by Gasteiger charge is -2.13. The zero-order valence-electron chi connectivity index (χ0n) is 19.5. The van der Waals surface area contributed by atoms with E-state index in [1.165, 1.54) is 23.3 Å². The quantitative estimate of drug-likeness (QED) is 0.413. The lowest BCUT2D eigenvalue weighted by atomic mass is 10.0. The normalized spacial score (nSPS) is 17.7. The van der Waals surface area contributed by atoms with Crippen molar-refractivity contribution in [2.75, 3.05) is 13.7 Å². The standard InChI is InChI=1S/C25H21F3N6O3/c1-3-34-22(29-2)17(10-19(33-34)18-11-31-24(36)32-23(18)35)16-9-15(16)14-7-13-5-4-6-30-21(13)20(8-14)37-12-25(26,27)28/h3-8,10-11,15-16H,1,9,12H2,2H3,(H2,31,32,35,36)/t15-,16+/m1/s1. The van der Waals surface area contributed by atoms with Crippen LogP contribution in [-0.2, 0) is 0 Å². The second kappa shape index (κ2) is 9.19. The number of pyridine rings is 1. The van der Waals surface area contributed by atoms with E-state index in [4.69, 9.17) is 4.74 Å². The molecule has 5 rings (SSSR count). The fourth-order valence-corrected chi connectivity index (χ4v) is 4.47. The van der Waals surface area contributed by atoms with Crippen LogP contribution in [0.2, 0.25) is 0 Å². The number of aromatic amines is 2. The summed E-state index contributed by atoms with van der Waals surface area (Å²) in [5.41, 5.74) is 1.70. The molecule has 0 saturated heterocycles. The molecule has 1 aliphatic rings. The number of benzene rings is 1. The van der Waals surface area contributed by atoms with E-state index < -0.39 is 24.0 Å². The van der Waals surface area contributed by atoms with Crippen molar-refractivity contribution in [2.24, 2.45) is 4.99 Å². The number of nitrogens with zero attached hydrogens (tertiary/aromatic N) is 4. The number of halogens is 3. The largest absolute Gasteiger partial charge is 0.482 e. The van der Waals surface area contributed by atoms with Gasteiger partial charge in [-0.1, -0.05) is 12.6 Å². The molecule has 9 nitrogen and oxygen atoms in total. The number of H-pyrrole nitrogens is 2. The average molecular weight is 510 g/mol. The van der Waals surface area contributed by atoms with Crippen molar-refractivity contribution in [2.45, 2.75) is 24.4 Å². The van der Waals surface area contributed by atoms with Crippen LogP contribution in [0.4, 0.5) is 13.2 Å². The van der Waals surface area contributed by atoms with Gasteiger partial charge in [0.25, 0.3) is 5.56 Å². The Labute approximate surface area is 207 Å². The summed E-state index contributed by atoms with van der Waals surface area (Å²) in [6, 6.07) is 8.72. The van der Waals surface area contributed by atoms with Gasteiger partial charge < -0.3 is 9.72 Å². The Morgan fingerprint density at radius 1 is 1.27 bits per heavy atom. The van der Waals surface area contributed by atoms with Gasteiger partial charge in [0.15, 0.2) is 12.1 Å². The first-order chi connectivity index (χ1) is 17.7. The molecule has 0 amide bonds. The molecule has 3 heterocycles. The molecule has 1 aliphatic carbocycles. The Balaban J connectivity index is 1.57. The molecule has 1 fully saturated rings. The first kappa shape index (κ1) is 24.2. The van der Waals surface area contributed by atoms with Gasteiger partial charge in [-0.15, -0.1) is 0 Å². The number of fused-ring (bicyclic) bond motifs is 1.